The lowest BCUT2D eigenvalue weighted by molar-refractivity contribution is -0.136. The molecule has 1 aliphatic heterocycles. The number of benzene rings is 1. The van der Waals surface area contributed by atoms with Crippen molar-refractivity contribution in [2.75, 3.05) is 32.8 Å². The van der Waals surface area contributed by atoms with Crippen molar-refractivity contribution in [2.45, 2.75) is 45.2 Å². The third-order valence-corrected chi connectivity index (χ3v) is 5.37. The Kier molecular flexibility index (Phi) is 7.22. The first-order valence-corrected chi connectivity index (χ1v) is 10.4. The third kappa shape index (κ3) is 6.49. The van der Waals surface area contributed by atoms with Crippen molar-refractivity contribution in [1.82, 2.24) is 10.2 Å². The molecule has 1 heterocycles. The van der Waals surface area contributed by atoms with Crippen molar-refractivity contribution in [1.29, 1.82) is 0 Å². The van der Waals surface area contributed by atoms with Crippen molar-refractivity contribution in [3.8, 4) is 5.75 Å². The molecule has 1 fully saturated rings. The van der Waals surface area contributed by atoms with Crippen LogP contribution in [0.2, 0.25) is 0 Å². The predicted molar refractivity (Wildman–Crippen MR) is 107 cm³/mol. The van der Waals surface area contributed by atoms with Crippen LogP contribution in [-0.2, 0) is 11.2 Å². The summed E-state index contributed by atoms with van der Waals surface area (Å²) in [5.74, 6) is 0.898. The number of nitrogens with one attached hydrogen (secondary N) is 1. The zero-order valence-corrected chi connectivity index (χ0v) is 16.9. The van der Waals surface area contributed by atoms with Gasteiger partial charge in [0.2, 0.25) is 5.91 Å². The SMILES string of the molecule is CCCNC(=O)C1CN(CC2=Cc3ccc(OCCCC(F)(F)F)cc3CC2)C1. The van der Waals surface area contributed by atoms with E-state index in [1.165, 1.54) is 11.1 Å². The molecule has 1 aliphatic carbocycles. The highest BCUT2D eigenvalue weighted by molar-refractivity contribution is 5.80. The standard InChI is InChI=1S/C22H29F3N2O2/c1-2-9-26-21(28)19-14-27(15-19)13-16-4-5-18-12-20(7-6-17(18)11-16)29-10-3-8-22(23,24)25/h6-7,11-12,19H,2-5,8-10,13-15H2,1H3,(H,26,28). The van der Waals surface area contributed by atoms with E-state index in [4.69, 9.17) is 4.74 Å². The van der Waals surface area contributed by atoms with Gasteiger partial charge in [-0.3, -0.25) is 9.69 Å². The third-order valence-electron chi connectivity index (χ3n) is 5.37. The van der Waals surface area contributed by atoms with E-state index >= 15 is 0 Å². The summed E-state index contributed by atoms with van der Waals surface area (Å²) in [4.78, 5) is 14.2. The maximum absolute atomic E-state index is 12.2. The first kappa shape index (κ1) is 21.7. The maximum Gasteiger partial charge on any atom is 0.389 e. The van der Waals surface area contributed by atoms with Gasteiger partial charge in [0.05, 0.1) is 12.5 Å². The number of hydrogen-bond acceptors (Lipinski definition) is 3. The van der Waals surface area contributed by atoms with E-state index in [1.807, 2.05) is 25.1 Å². The molecular formula is C22H29F3N2O2. The van der Waals surface area contributed by atoms with Crippen LogP contribution < -0.4 is 10.1 Å². The molecule has 3 rings (SSSR count). The van der Waals surface area contributed by atoms with Gasteiger partial charge < -0.3 is 10.1 Å². The summed E-state index contributed by atoms with van der Waals surface area (Å²) in [5.41, 5.74) is 3.66. The average Bonchev–Trinajstić information content (AvgIpc) is 2.65. The second kappa shape index (κ2) is 9.65. The number of hydrogen-bond donors (Lipinski definition) is 1. The minimum Gasteiger partial charge on any atom is -0.494 e. The molecule has 4 nitrogen and oxygen atoms in total. The van der Waals surface area contributed by atoms with Gasteiger partial charge >= 0.3 is 6.18 Å². The van der Waals surface area contributed by atoms with E-state index in [2.05, 4.69) is 16.3 Å². The topological polar surface area (TPSA) is 41.6 Å². The summed E-state index contributed by atoms with van der Waals surface area (Å²) in [6, 6.07) is 5.74. The molecule has 0 aromatic heterocycles. The van der Waals surface area contributed by atoms with Gasteiger partial charge in [0, 0.05) is 32.6 Å². The summed E-state index contributed by atoms with van der Waals surface area (Å²) >= 11 is 0. The number of ether oxygens (including phenoxy) is 1. The van der Waals surface area contributed by atoms with Crippen LogP contribution in [0.3, 0.4) is 0 Å². The number of carbonyl (C=O) groups excluding carboxylic acids is 1. The lowest BCUT2D eigenvalue weighted by Gasteiger charge is -2.39. The van der Waals surface area contributed by atoms with Crippen LogP contribution >= 0.6 is 0 Å². The summed E-state index contributed by atoms with van der Waals surface area (Å²) in [5, 5.41) is 2.95. The highest BCUT2D eigenvalue weighted by atomic mass is 19.4. The molecule has 0 atom stereocenters. The van der Waals surface area contributed by atoms with E-state index in [9.17, 15) is 18.0 Å². The van der Waals surface area contributed by atoms with Crippen LogP contribution in [0.1, 0.15) is 43.7 Å². The van der Waals surface area contributed by atoms with Gasteiger partial charge in [-0.15, -0.1) is 0 Å². The fourth-order valence-corrected chi connectivity index (χ4v) is 3.75. The summed E-state index contributed by atoms with van der Waals surface area (Å²) in [7, 11) is 0. The normalized spacial score (nSPS) is 17.3. The number of halogens is 3. The predicted octanol–water partition coefficient (Wildman–Crippen LogP) is 4.20. The van der Waals surface area contributed by atoms with Gasteiger partial charge in [-0.25, -0.2) is 0 Å². The number of rotatable bonds is 9. The van der Waals surface area contributed by atoms with E-state index in [1.54, 1.807) is 0 Å². The Morgan fingerprint density at radius 1 is 1.28 bits per heavy atom. The second-order valence-electron chi connectivity index (χ2n) is 7.91. The van der Waals surface area contributed by atoms with Crippen molar-refractivity contribution in [2.24, 2.45) is 5.92 Å². The lowest BCUT2D eigenvalue weighted by atomic mass is 9.90. The average molecular weight is 410 g/mol. The van der Waals surface area contributed by atoms with Crippen molar-refractivity contribution in [3.05, 3.63) is 34.9 Å². The highest BCUT2D eigenvalue weighted by Crippen LogP contribution is 2.29. The molecule has 0 unspecified atom stereocenters. The molecular weight excluding hydrogens is 381 g/mol. The van der Waals surface area contributed by atoms with Crippen LogP contribution in [0.25, 0.3) is 6.08 Å². The minimum absolute atomic E-state index is 0.0298. The van der Waals surface area contributed by atoms with Gasteiger partial charge in [0.15, 0.2) is 0 Å². The van der Waals surface area contributed by atoms with Crippen LogP contribution in [-0.4, -0.2) is 49.8 Å². The molecule has 1 saturated heterocycles. The van der Waals surface area contributed by atoms with E-state index in [-0.39, 0.29) is 24.9 Å². The Hall–Kier alpha value is -2.02. The molecule has 29 heavy (non-hydrogen) atoms. The number of carbonyl (C=O) groups is 1. The van der Waals surface area contributed by atoms with Crippen molar-refractivity contribution >= 4 is 12.0 Å². The number of amides is 1. The Morgan fingerprint density at radius 3 is 2.79 bits per heavy atom. The second-order valence-corrected chi connectivity index (χ2v) is 7.91. The highest BCUT2D eigenvalue weighted by Gasteiger charge is 2.32. The van der Waals surface area contributed by atoms with Crippen LogP contribution in [0.15, 0.2) is 23.8 Å². The van der Waals surface area contributed by atoms with Crippen molar-refractivity contribution in [3.63, 3.8) is 0 Å². The Labute approximate surface area is 170 Å². The fourth-order valence-electron chi connectivity index (χ4n) is 3.75. The zero-order valence-electron chi connectivity index (χ0n) is 16.9. The summed E-state index contributed by atoms with van der Waals surface area (Å²) < 4.78 is 42.0. The molecule has 160 valence electrons. The Morgan fingerprint density at radius 2 is 2.07 bits per heavy atom. The van der Waals surface area contributed by atoms with Crippen LogP contribution in [0, 0.1) is 5.92 Å². The zero-order chi connectivity index (χ0) is 20.9. The molecule has 2 aliphatic rings. The maximum atomic E-state index is 12.2. The van der Waals surface area contributed by atoms with E-state index in [0.29, 0.717) is 5.75 Å². The molecule has 1 N–H and O–H groups in total. The summed E-state index contributed by atoms with van der Waals surface area (Å²) in [6.45, 7) is 5.36. The van der Waals surface area contributed by atoms with Crippen LogP contribution in [0.5, 0.6) is 5.75 Å². The molecule has 0 radical (unpaired) electrons. The summed E-state index contributed by atoms with van der Waals surface area (Å²) in [6.07, 6.45) is 0.0181. The molecule has 1 aromatic rings. The fraction of sp³-hybridized carbons (Fsp3) is 0.591. The lowest BCUT2D eigenvalue weighted by Crippen LogP contribution is -2.54. The van der Waals surface area contributed by atoms with Gasteiger partial charge in [0.25, 0.3) is 0 Å². The number of fused-ring (bicyclic) bond motifs is 1. The van der Waals surface area contributed by atoms with E-state index < -0.39 is 12.6 Å². The number of nitrogens with zero attached hydrogens (tertiary/aromatic N) is 1. The van der Waals surface area contributed by atoms with Gasteiger partial charge in [-0.2, -0.15) is 13.2 Å². The van der Waals surface area contributed by atoms with Gasteiger partial charge in [-0.05, 0) is 48.9 Å². The minimum atomic E-state index is -4.13. The molecule has 1 amide bonds. The number of likely N-dealkylation sites (tertiary alicyclic amines) is 1. The van der Waals surface area contributed by atoms with E-state index in [0.717, 1.165) is 51.0 Å². The number of aryl methyl sites for hydroxylation is 1. The first-order chi connectivity index (χ1) is 13.8. The largest absolute Gasteiger partial charge is 0.494 e. The molecule has 0 spiro atoms. The quantitative estimate of drug-likeness (QED) is 0.621. The van der Waals surface area contributed by atoms with Gasteiger partial charge in [0.1, 0.15) is 5.75 Å². The first-order valence-electron chi connectivity index (χ1n) is 10.4. The molecule has 0 saturated carbocycles. The molecule has 7 heteroatoms. The molecule has 1 aromatic carbocycles. The Balaban J connectivity index is 1.45. The van der Waals surface area contributed by atoms with Crippen molar-refractivity contribution < 1.29 is 22.7 Å². The molecule has 0 bridgehead atoms. The number of alkyl halides is 3. The smallest absolute Gasteiger partial charge is 0.389 e. The van der Waals surface area contributed by atoms with Crippen LogP contribution in [0.4, 0.5) is 13.2 Å². The Bertz CT molecular complexity index is 740. The van der Waals surface area contributed by atoms with Gasteiger partial charge in [-0.1, -0.05) is 24.6 Å². The monoisotopic (exact) mass is 410 g/mol.